The zero-order chi connectivity index (χ0) is 9.19. The van der Waals surface area contributed by atoms with E-state index >= 15 is 0 Å². The van der Waals surface area contributed by atoms with Gasteiger partial charge in [0, 0.05) is 0 Å². The van der Waals surface area contributed by atoms with Gasteiger partial charge < -0.3 is 4.48 Å². The molecule has 1 fully saturated rings. The molecule has 0 N–H and O–H groups in total. The summed E-state index contributed by atoms with van der Waals surface area (Å²) in [4.78, 5) is 2.47. The Morgan fingerprint density at radius 3 is 2.17 bits per heavy atom. The van der Waals surface area contributed by atoms with Crippen LogP contribution in [0.25, 0.3) is 0 Å². The molecule has 1 saturated heterocycles. The summed E-state index contributed by atoms with van der Waals surface area (Å²) in [5, 5.41) is 0. The molecule has 1 rings (SSSR count). The Labute approximate surface area is 76.7 Å². The van der Waals surface area contributed by atoms with E-state index in [1.54, 1.807) is 0 Å². The van der Waals surface area contributed by atoms with Crippen molar-refractivity contribution in [2.45, 2.75) is 33.2 Å². The van der Waals surface area contributed by atoms with Gasteiger partial charge in [-0.1, -0.05) is 6.92 Å². The van der Waals surface area contributed by atoms with Crippen LogP contribution in [-0.2, 0) is 0 Å². The van der Waals surface area contributed by atoms with Crippen LogP contribution in [0.1, 0.15) is 27.2 Å². The molecule has 0 saturated carbocycles. The van der Waals surface area contributed by atoms with Crippen LogP contribution in [-0.4, -0.2) is 48.8 Å². The molecule has 0 radical (unpaired) electrons. The van der Waals surface area contributed by atoms with E-state index in [1.807, 2.05) is 0 Å². The monoisotopic (exact) mass is 171 g/mol. The van der Waals surface area contributed by atoms with Crippen molar-refractivity contribution in [1.29, 1.82) is 0 Å². The SMILES string of the molecule is CCC1CN(C)C[N+]1(CC)CC. The van der Waals surface area contributed by atoms with Crippen molar-refractivity contribution in [1.82, 2.24) is 4.90 Å². The summed E-state index contributed by atoms with van der Waals surface area (Å²) in [5.74, 6) is 0. The molecule has 1 atom stereocenters. The number of nitrogens with zero attached hydrogens (tertiary/aromatic N) is 2. The summed E-state index contributed by atoms with van der Waals surface area (Å²) in [6.07, 6.45) is 1.33. The third-order valence-electron chi connectivity index (χ3n) is 3.55. The molecule has 0 aliphatic carbocycles. The zero-order valence-corrected chi connectivity index (χ0v) is 9.01. The summed E-state index contributed by atoms with van der Waals surface area (Å²) in [5.41, 5.74) is 0. The van der Waals surface area contributed by atoms with Gasteiger partial charge in [0.1, 0.15) is 12.7 Å². The molecule has 1 heterocycles. The van der Waals surface area contributed by atoms with Crippen LogP contribution in [0, 0.1) is 0 Å². The first kappa shape index (κ1) is 10.0. The van der Waals surface area contributed by atoms with E-state index in [4.69, 9.17) is 0 Å². The second-order valence-electron chi connectivity index (χ2n) is 4.09. The fourth-order valence-corrected chi connectivity index (χ4v) is 2.64. The normalized spacial score (nSPS) is 29.5. The van der Waals surface area contributed by atoms with Crippen LogP contribution in [0.3, 0.4) is 0 Å². The predicted molar refractivity (Wildman–Crippen MR) is 52.9 cm³/mol. The molecule has 72 valence electrons. The Morgan fingerprint density at radius 1 is 1.25 bits per heavy atom. The summed E-state index contributed by atoms with van der Waals surface area (Å²) >= 11 is 0. The Balaban J connectivity index is 2.71. The lowest BCUT2D eigenvalue weighted by Crippen LogP contribution is -2.52. The maximum atomic E-state index is 2.47. The topological polar surface area (TPSA) is 3.24 Å². The second kappa shape index (κ2) is 3.75. The molecular formula is C10H23N2+. The Bertz CT molecular complexity index is 141. The van der Waals surface area contributed by atoms with Gasteiger partial charge >= 0.3 is 0 Å². The third kappa shape index (κ3) is 1.50. The van der Waals surface area contributed by atoms with Crippen molar-refractivity contribution in [3.63, 3.8) is 0 Å². The van der Waals surface area contributed by atoms with Gasteiger partial charge in [0.25, 0.3) is 0 Å². The molecule has 0 aromatic carbocycles. The van der Waals surface area contributed by atoms with Crippen molar-refractivity contribution in [2.24, 2.45) is 0 Å². The molecule has 0 aromatic heterocycles. The molecule has 1 aliphatic heterocycles. The van der Waals surface area contributed by atoms with Gasteiger partial charge in [-0.25, -0.2) is 0 Å². The van der Waals surface area contributed by atoms with Gasteiger partial charge in [0.2, 0.25) is 0 Å². The van der Waals surface area contributed by atoms with Gasteiger partial charge in [-0.15, -0.1) is 0 Å². The minimum Gasteiger partial charge on any atom is -0.308 e. The molecule has 0 amide bonds. The average Bonchev–Trinajstić information content (AvgIpc) is 2.42. The lowest BCUT2D eigenvalue weighted by atomic mass is 10.1. The highest BCUT2D eigenvalue weighted by molar-refractivity contribution is 4.68. The lowest BCUT2D eigenvalue weighted by Gasteiger charge is -2.37. The largest absolute Gasteiger partial charge is 0.308 e. The van der Waals surface area contributed by atoms with Crippen LogP contribution in [0.5, 0.6) is 0 Å². The van der Waals surface area contributed by atoms with Crippen molar-refractivity contribution in [3.05, 3.63) is 0 Å². The summed E-state index contributed by atoms with van der Waals surface area (Å²) < 4.78 is 1.31. The number of hydrogen-bond acceptors (Lipinski definition) is 1. The van der Waals surface area contributed by atoms with Crippen molar-refractivity contribution < 1.29 is 4.48 Å². The minimum absolute atomic E-state index is 0.880. The van der Waals surface area contributed by atoms with Gasteiger partial charge in [-0.2, -0.15) is 0 Å². The third-order valence-corrected chi connectivity index (χ3v) is 3.55. The van der Waals surface area contributed by atoms with Crippen LogP contribution in [0.4, 0.5) is 0 Å². The summed E-state index contributed by atoms with van der Waals surface area (Å²) in [6, 6.07) is 0.880. The van der Waals surface area contributed by atoms with Crippen LogP contribution < -0.4 is 0 Å². The molecule has 2 nitrogen and oxygen atoms in total. The Kier molecular flexibility index (Phi) is 3.13. The zero-order valence-electron chi connectivity index (χ0n) is 9.01. The Morgan fingerprint density at radius 2 is 1.83 bits per heavy atom. The van der Waals surface area contributed by atoms with Gasteiger partial charge in [0.05, 0.1) is 19.6 Å². The lowest BCUT2D eigenvalue weighted by molar-refractivity contribution is -0.939. The molecule has 0 bridgehead atoms. The van der Waals surface area contributed by atoms with E-state index in [9.17, 15) is 0 Å². The molecule has 12 heavy (non-hydrogen) atoms. The molecule has 1 aliphatic rings. The van der Waals surface area contributed by atoms with E-state index in [1.165, 1.54) is 37.2 Å². The van der Waals surface area contributed by atoms with E-state index in [-0.39, 0.29) is 0 Å². The van der Waals surface area contributed by atoms with E-state index in [2.05, 4.69) is 32.7 Å². The van der Waals surface area contributed by atoms with Crippen LogP contribution in [0.2, 0.25) is 0 Å². The predicted octanol–water partition coefficient (Wildman–Crippen LogP) is 1.52. The first-order valence-electron chi connectivity index (χ1n) is 5.22. The van der Waals surface area contributed by atoms with Crippen LogP contribution >= 0.6 is 0 Å². The summed E-state index contributed by atoms with van der Waals surface area (Å²) in [7, 11) is 2.24. The highest BCUT2D eigenvalue weighted by atomic mass is 15.5. The molecular weight excluding hydrogens is 148 g/mol. The Hall–Kier alpha value is -0.0800. The molecule has 0 spiro atoms. The van der Waals surface area contributed by atoms with Crippen molar-refractivity contribution >= 4 is 0 Å². The first-order valence-corrected chi connectivity index (χ1v) is 5.22. The molecule has 2 heteroatoms. The number of likely N-dealkylation sites (N-methyl/N-ethyl adjacent to an activating group) is 2. The van der Waals surface area contributed by atoms with E-state index in [0.29, 0.717) is 0 Å². The van der Waals surface area contributed by atoms with Gasteiger partial charge in [-0.3, -0.25) is 4.90 Å². The number of quaternary nitrogens is 1. The average molecular weight is 171 g/mol. The highest BCUT2D eigenvalue weighted by Crippen LogP contribution is 2.23. The van der Waals surface area contributed by atoms with Crippen LogP contribution in [0.15, 0.2) is 0 Å². The van der Waals surface area contributed by atoms with E-state index < -0.39 is 0 Å². The van der Waals surface area contributed by atoms with Crippen molar-refractivity contribution in [3.8, 4) is 0 Å². The highest BCUT2D eigenvalue weighted by Gasteiger charge is 2.40. The summed E-state index contributed by atoms with van der Waals surface area (Å²) in [6.45, 7) is 12.1. The van der Waals surface area contributed by atoms with Crippen molar-refractivity contribution in [2.75, 3.05) is 33.4 Å². The fourth-order valence-electron chi connectivity index (χ4n) is 2.64. The van der Waals surface area contributed by atoms with Gasteiger partial charge in [-0.05, 0) is 27.3 Å². The van der Waals surface area contributed by atoms with Gasteiger partial charge in [0.15, 0.2) is 0 Å². The second-order valence-corrected chi connectivity index (χ2v) is 4.09. The first-order chi connectivity index (χ1) is 5.68. The number of rotatable bonds is 3. The quantitative estimate of drug-likeness (QED) is 0.582. The molecule has 0 aromatic rings. The maximum Gasteiger partial charge on any atom is 0.135 e. The fraction of sp³-hybridized carbons (Fsp3) is 1.00. The minimum atomic E-state index is 0.880. The molecule has 1 unspecified atom stereocenters. The number of hydrogen-bond donors (Lipinski definition) is 0. The maximum absolute atomic E-state index is 2.47. The van der Waals surface area contributed by atoms with E-state index in [0.717, 1.165) is 6.04 Å². The standard InChI is InChI=1S/C10H23N2/c1-5-10-8-11(4)9-12(10,6-2)7-3/h10H,5-9H2,1-4H3/q+1. The smallest absolute Gasteiger partial charge is 0.135 e.